The summed E-state index contributed by atoms with van der Waals surface area (Å²) in [5.74, 6) is -0.680. The molecule has 22 heavy (non-hydrogen) atoms. The molecule has 1 heterocycles. The average molecular weight is 315 g/mol. The quantitative estimate of drug-likeness (QED) is 0.862. The Bertz CT molecular complexity index is 676. The Morgan fingerprint density at radius 3 is 2.64 bits per heavy atom. The molecule has 0 unspecified atom stereocenters. The molecular formula is C17H17NO3S. The smallest absolute Gasteiger partial charge is 0.349 e. The number of ether oxygens (including phenoxy) is 1. The Kier molecular flexibility index (Phi) is 4.24. The van der Waals surface area contributed by atoms with Crippen molar-refractivity contribution in [3.05, 3.63) is 46.7 Å². The fourth-order valence-electron chi connectivity index (χ4n) is 2.13. The lowest BCUT2D eigenvalue weighted by molar-refractivity contribution is -0.129. The predicted octanol–water partition coefficient (Wildman–Crippen LogP) is 3.24. The summed E-state index contributed by atoms with van der Waals surface area (Å²) in [6, 6.07) is 11.8. The molecule has 0 radical (unpaired) electrons. The van der Waals surface area contributed by atoms with Crippen LogP contribution in [0.25, 0.3) is 11.1 Å². The normalized spacial score (nSPS) is 15.1. The molecule has 0 saturated heterocycles. The van der Waals surface area contributed by atoms with Crippen LogP contribution in [-0.4, -0.2) is 24.0 Å². The van der Waals surface area contributed by atoms with Crippen LogP contribution in [0.4, 0.5) is 0 Å². The molecular weight excluding hydrogens is 298 g/mol. The third-order valence-electron chi connectivity index (χ3n) is 3.51. The number of rotatable bonds is 5. The minimum atomic E-state index is -0.779. The number of carbonyl (C=O) groups is 2. The first-order valence-corrected chi connectivity index (χ1v) is 8.17. The SMILES string of the molecule is C[C@H](OC(=O)c1sccc1-c1ccccc1)C(=O)NC1CC1. The Morgan fingerprint density at radius 1 is 1.23 bits per heavy atom. The van der Waals surface area contributed by atoms with E-state index in [1.807, 2.05) is 41.8 Å². The lowest BCUT2D eigenvalue weighted by Gasteiger charge is -2.13. The Hall–Kier alpha value is -2.14. The Balaban J connectivity index is 1.70. The zero-order chi connectivity index (χ0) is 15.5. The third kappa shape index (κ3) is 3.36. The summed E-state index contributed by atoms with van der Waals surface area (Å²) in [4.78, 5) is 24.7. The molecule has 1 aliphatic carbocycles. The fraction of sp³-hybridized carbons (Fsp3) is 0.294. The van der Waals surface area contributed by atoms with Crippen LogP contribution >= 0.6 is 11.3 Å². The van der Waals surface area contributed by atoms with Crippen LogP contribution in [0.15, 0.2) is 41.8 Å². The molecule has 3 rings (SSSR count). The second kappa shape index (κ2) is 6.32. The maximum Gasteiger partial charge on any atom is 0.349 e. The first-order chi connectivity index (χ1) is 10.6. The molecule has 114 valence electrons. The van der Waals surface area contributed by atoms with E-state index in [1.165, 1.54) is 11.3 Å². The number of hydrogen-bond donors (Lipinski definition) is 1. The summed E-state index contributed by atoms with van der Waals surface area (Å²) in [5, 5.41) is 4.69. The summed E-state index contributed by atoms with van der Waals surface area (Å²) in [6.07, 6.45) is 1.24. The number of esters is 1. The van der Waals surface area contributed by atoms with E-state index in [9.17, 15) is 9.59 Å². The number of amides is 1. The van der Waals surface area contributed by atoms with E-state index in [0.717, 1.165) is 24.0 Å². The van der Waals surface area contributed by atoms with E-state index in [4.69, 9.17) is 4.74 Å². The van der Waals surface area contributed by atoms with Gasteiger partial charge < -0.3 is 10.1 Å². The largest absolute Gasteiger partial charge is 0.448 e. The number of hydrogen-bond acceptors (Lipinski definition) is 4. The van der Waals surface area contributed by atoms with Gasteiger partial charge >= 0.3 is 5.97 Å². The molecule has 1 aromatic heterocycles. The zero-order valence-electron chi connectivity index (χ0n) is 12.2. The van der Waals surface area contributed by atoms with Gasteiger partial charge in [-0.1, -0.05) is 30.3 Å². The van der Waals surface area contributed by atoms with Gasteiger partial charge in [0.2, 0.25) is 0 Å². The molecule has 1 amide bonds. The van der Waals surface area contributed by atoms with E-state index in [-0.39, 0.29) is 11.9 Å². The van der Waals surface area contributed by atoms with Crippen molar-refractivity contribution in [1.82, 2.24) is 5.32 Å². The highest BCUT2D eigenvalue weighted by Gasteiger charge is 2.28. The minimum absolute atomic E-state index is 0.228. The van der Waals surface area contributed by atoms with E-state index in [2.05, 4.69) is 5.32 Å². The fourth-order valence-corrected chi connectivity index (χ4v) is 2.92. The van der Waals surface area contributed by atoms with Gasteiger partial charge in [-0.15, -0.1) is 11.3 Å². The number of carbonyl (C=O) groups excluding carboxylic acids is 2. The van der Waals surface area contributed by atoms with Crippen molar-refractivity contribution >= 4 is 23.2 Å². The van der Waals surface area contributed by atoms with Gasteiger partial charge in [-0.05, 0) is 36.8 Å². The monoisotopic (exact) mass is 315 g/mol. The molecule has 1 aliphatic rings. The van der Waals surface area contributed by atoms with Crippen LogP contribution in [0.2, 0.25) is 0 Å². The molecule has 0 bridgehead atoms. The van der Waals surface area contributed by atoms with Crippen molar-refractivity contribution in [2.24, 2.45) is 0 Å². The van der Waals surface area contributed by atoms with Crippen molar-refractivity contribution in [2.75, 3.05) is 0 Å². The van der Waals surface area contributed by atoms with E-state index < -0.39 is 12.1 Å². The number of benzene rings is 1. The molecule has 1 atom stereocenters. The maximum atomic E-state index is 12.3. The molecule has 2 aromatic rings. The van der Waals surface area contributed by atoms with Gasteiger partial charge in [0.1, 0.15) is 4.88 Å². The first kappa shape index (κ1) is 14.8. The van der Waals surface area contributed by atoms with Gasteiger partial charge in [0.05, 0.1) is 0 Å². The molecule has 1 N–H and O–H groups in total. The van der Waals surface area contributed by atoms with Crippen LogP contribution in [-0.2, 0) is 9.53 Å². The highest BCUT2D eigenvalue weighted by atomic mass is 32.1. The first-order valence-electron chi connectivity index (χ1n) is 7.29. The van der Waals surface area contributed by atoms with Gasteiger partial charge in [-0.2, -0.15) is 0 Å². The van der Waals surface area contributed by atoms with Crippen LogP contribution < -0.4 is 5.32 Å². The average Bonchev–Trinajstić information content (AvgIpc) is 3.19. The van der Waals surface area contributed by atoms with Crippen LogP contribution in [0.3, 0.4) is 0 Å². The highest BCUT2D eigenvalue weighted by molar-refractivity contribution is 7.12. The molecule has 0 spiro atoms. The lowest BCUT2D eigenvalue weighted by atomic mass is 10.1. The van der Waals surface area contributed by atoms with Crippen LogP contribution in [0, 0.1) is 0 Å². The van der Waals surface area contributed by atoms with E-state index in [0.29, 0.717) is 4.88 Å². The molecule has 1 fully saturated rings. The van der Waals surface area contributed by atoms with Crippen molar-refractivity contribution in [2.45, 2.75) is 31.9 Å². The van der Waals surface area contributed by atoms with Crippen molar-refractivity contribution in [3.63, 3.8) is 0 Å². The van der Waals surface area contributed by atoms with Crippen molar-refractivity contribution in [1.29, 1.82) is 0 Å². The second-order valence-corrected chi connectivity index (χ2v) is 6.28. The van der Waals surface area contributed by atoms with Gasteiger partial charge in [0.15, 0.2) is 6.10 Å². The zero-order valence-corrected chi connectivity index (χ0v) is 13.1. The molecule has 1 aromatic carbocycles. The molecule has 0 aliphatic heterocycles. The summed E-state index contributed by atoms with van der Waals surface area (Å²) in [7, 11) is 0. The van der Waals surface area contributed by atoms with Crippen LogP contribution in [0.5, 0.6) is 0 Å². The predicted molar refractivity (Wildman–Crippen MR) is 85.8 cm³/mol. The standard InChI is InChI=1S/C17H17NO3S/c1-11(16(19)18-13-7-8-13)21-17(20)15-14(9-10-22-15)12-5-3-2-4-6-12/h2-6,9-11,13H,7-8H2,1H3,(H,18,19)/t11-/m0/s1. The summed E-state index contributed by atoms with van der Waals surface area (Å²) in [6.45, 7) is 1.60. The third-order valence-corrected chi connectivity index (χ3v) is 4.41. The van der Waals surface area contributed by atoms with Gasteiger partial charge in [-0.25, -0.2) is 4.79 Å². The van der Waals surface area contributed by atoms with Crippen molar-refractivity contribution in [3.8, 4) is 11.1 Å². The van der Waals surface area contributed by atoms with E-state index >= 15 is 0 Å². The van der Waals surface area contributed by atoms with Crippen LogP contribution in [0.1, 0.15) is 29.4 Å². The Labute approximate surface area is 133 Å². The molecule has 5 heteroatoms. The Morgan fingerprint density at radius 2 is 1.95 bits per heavy atom. The van der Waals surface area contributed by atoms with Gasteiger partial charge in [0, 0.05) is 11.6 Å². The number of thiophene rings is 1. The molecule has 4 nitrogen and oxygen atoms in total. The van der Waals surface area contributed by atoms with Crippen molar-refractivity contribution < 1.29 is 14.3 Å². The summed E-state index contributed by atoms with van der Waals surface area (Å²) >= 11 is 1.33. The highest BCUT2D eigenvalue weighted by Crippen LogP contribution is 2.29. The second-order valence-electron chi connectivity index (χ2n) is 5.36. The van der Waals surface area contributed by atoms with E-state index in [1.54, 1.807) is 6.92 Å². The lowest BCUT2D eigenvalue weighted by Crippen LogP contribution is -2.37. The maximum absolute atomic E-state index is 12.3. The number of nitrogens with one attached hydrogen (secondary N) is 1. The topological polar surface area (TPSA) is 55.4 Å². The van der Waals surface area contributed by atoms with Gasteiger partial charge in [-0.3, -0.25) is 4.79 Å². The summed E-state index contributed by atoms with van der Waals surface area (Å²) < 4.78 is 5.31. The molecule has 1 saturated carbocycles. The van der Waals surface area contributed by atoms with Gasteiger partial charge in [0.25, 0.3) is 5.91 Å². The summed E-state index contributed by atoms with van der Waals surface area (Å²) in [5.41, 5.74) is 1.80. The minimum Gasteiger partial charge on any atom is -0.448 e.